The van der Waals surface area contributed by atoms with Crippen molar-refractivity contribution in [2.75, 3.05) is 18.8 Å². The van der Waals surface area contributed by atoms with Crippen molar-refractivity contribution in [2.45, 2.75) is 99.8 Å². The first-order valence-corrected chi connectivity index (χ1v) is 22.7. The number of imidazole rings is 1. The minimum Gasteiger partial charge on any atom is -0.480 e. The number of amides is 6. The summed E-state index contributed by atoms with van der Waals surface area (Å²) in [4.78, 5) is 104. The van der Waals surface area contributed by atoms with E-state index in [1.54, 1.807) is 56.6 Å². The normalized spacial score (nSPS) is 14.0. The lowest BCUT2D eigenvalue weighted by molar-refractivity contribution is -0.142. The molecule has 6 atom stereocenters. The van der Waals surface area contributed by atoms with Gasteiger partial charge in [0, 0.05) is 72.6 Å². The average Bonchev–Trinajstić information content (AvgIpc) is 3.96. The van der Waals surface area contributed by atoms with Gasteiger partial charge in [0.1, 0.15) is 30.2 Å². The fourth-order valence-electron chi connectivity index (χ4n) is 6.94. The number of rotatable bonds is 27. The molecule has 67 heavy (non-hydrogen) atoms. The third-order valence-corrected chi connectivity index (χ3v) is 11.2. The first-order chi connectivity index (χ1) is 31.9. The number of aromatic amines is 2. The number of nitrogens with two attached hydrogens (primary N) is 2. The van der Waals surface area contributed by atoms with Crippen LogP contribution in [0.2, 0.25) is 0 Å². The maximum atomic E-state index is 14.4. The number of fused-ring (bicyclic) bond motifs is 1. The molecule has 23 heteroatoms. The lowest BCUT2D eigenvalue weighted by Crippen LogP contribution is -2.60. The van der Waals surface area contributed by atoms with Gasteiger partial charge in [-0.15, -0.1) is 0 Å². The molecule has 2 aromatic carbocycles. The molecular weight excluding hydrogens is 903 g/mol. The third kappa shape index (κ3) is 17.3. The van der Waals surface area contributed by atoms with E-state index in [1.807, 2.05) is 24.3 Å². The number of hydrogen-bond donors (Lipinski definition) is 15. The van der Waals surface area contributed by atoms with Crippen molar-refractivity contribution in [3.8, 4) is 0 Å². The maximum Gasteiger partial charge on any atom is 0.327 e. The first kappa shape index (κ1) is 53.0. The predicted octanol–water partition coefficient (Wildman–Crippen LogP) is -0.447. The Morgan fingerprint density at radius 3 is 1.99 bits per heavy atom. The van der Waals surface area contributed by atoms with Gasteiger partial charge in [0.2, 0.25) is 35.4 Å². The summed E-state index contributed by atoms with van der Waals surface area (Å²) in [5, 5.41) is 36.8. The Labute approximate surface area is 398 Å². The Bertz CT molecular complexity index is 2310. The van der Waals surface area contributed by atoms with Crippen LogP contribution in [0.3, 0.4) is 0 Å². The van der Waals surface area contributed by atoms with Gasteiger partial charge >= 0.3 is 5.97 Å². The predicted molar refractivity (Wildman–Crippen MR) is 258 cm³/mol. The van der Waals surface area contributed by atoms with Crippen LogP contribution in [-0.4, -0.2) is 127 Å². The van der Waals surface area contributed by atoms with Crippen LogP contribution in [0.1, 0.15) is 56.4 Å². The zero-order valence-corrected chi connectivity index (χ0v) is 39.1. The Hall–Kier alpha value is -6.59. The molecule has 4 rings (SSSR count). The Kier molecular flexibility index (Phi) is 20.5. The molecule has 0 saturated carbocycles. The lowest BCUT2D eigenvalue weighted by Gasteiger charge is -2.27. The van der Waals surface area contributed by atoms with Crippen molar-refractivity contribution in [3.63, 3.8) is 0 Å². The monoisotopic (exact) mass is 963 g/mol. The van der Waals surface area contributed by atoms with Crippen LogP contribution in [0.4, 0.5) is 0 Å². The van der Waals surface area contributed by atoms with E-state index in [0.29, 0.717) is 16.8 Å². The van der Waals surface area contributed by atoms with Crippen molar-refractivity contribution in [3.05, 3.63) is 90.1 Å². The number of para-hydroxylation sites is 1. The minimum absolute atomic E-state index is 0.000275. The lowest BCUT2D eigenvalue weighted by atomic mass is 10.0. The highest BCUT2D eigenvalue weighted by molar-refractivity contribution is 7.81. The summed E-state index contributed by atoms with van der Waals surface area (Å²) >= 11 is 8.38. The minimum atomic E-state index is -1.29. The van der Waals surface area contributed by atoms with Crippen LogP contribution >= 0.6 is 25.3 Å². The quantitative estimate of drug-likeness (QED) is 0.0157. The molecule has 0 unspecified atom stereocenters. The van der Waals surface area contributed by atoms with Crippen molar-refractivity contribution in [2.24, 2.45) is 11.5 Å². The van der Waals surface area contributed by atoms with Gasteiger partial charge in [0.25, 0.3) is 0 Å². The molecule has 2 heterocycles. The first-order valence-electron chi connectivity index (χ1n) is 21.6. The molecule has 0 bridgehead atoms. The fourth-order valence-corrected chi connectivity index (χ4v) is 7.28. The largest absolute Gasteiger partial charge is 0.480 e. The summed E-state index contributed by atoms with van der Waals surface area (Å²) in [7, 11) is 0. The second-order valence-electron chi connectivity index (χ2n) is 16.4. The number of carboxylic acid groups (broad SMARTS) is 1. The van der Waals surface area contributed by atoms with E-state index in [2.05, 4.69) is 77.4 Å². The topological polar surface area (TPSA) is 344 Å². The highest BCUT2D eigenvalue weighted by Crippen LogP contribution is 2.20. The molecule has 15 N–H and O–H groups in total. The summed E-state index contributed by atoms with van der Waals surface area (Å²) in [6, 6.07) is 8.93. The number of thiol groups is 2. The van der Waals surface area contributed by atoms with Crippen LogP contribution in [0.15, 0.2) is 73.3 Å². The van der Waals surface area contributed by atoms with E-state index in [0.717, 1.165) is 10.9 Å². The third-order valence-electron chi connectivity index (χ3n) is 10.5. The molecule has 0 fully saturated rings. The summed E-state index contributed by atoms with van der Waals surface area (Å²) < 4.78 is -1.05. The number of benzene rings is 2. The van der Waals surface area contributed by atoms with E-state index in [-0.39, 0.29) is 69.7 Å². The maximum absolute atomic E-state index is 14.4. The average molecular weight is 964 g/mol. The van der Waals surface area contributed by atoms with Gasteiger partial charge in [-0.3, -0.25) is 34.2 Å². The summed E-state index contributed by atoms with van der Waals surface area (Å²) in [5.41, 5.74) is 14.0. The van der Waals surface area contributed by atoms with Crippen LogP contribution in [0.5, 0.6) is 0 Å². The van der Waals surface area contributed by atoms with Crippen LogP contribution in [-0.2, 0) is 52.8 Å². The van der Waals surface area contributed by atoms with Gasteiger partial charge in [0.15, 0.2) is 5.96 Å². The van der Waals surface area contributed by atoms with E-state index >= 15 is 0 Å². The molecule has 0 saturated heterocycles. The summed E-state index contributed by atoms with van der Waals surface area (Å²) in [5.74, 6) is -5.57. The number of H-pyrrole nitrogens is 2. The van der Waals surface area contributed by atoms with Crippen LogP contribution < -0.4 is 48.7 Å². The number of carbonyl (C=O) groups excluding carboxylic acids is 6. The number of carbonyl (C=O) groups is 7. The highest BCUT2D eigenvalue weighted by atomic mass is 32.1. The second-order valence-corrected chi connectivity index (χ2v) is 17.9. The van der Waals surface area contributed by atoms with E-state index in [4.69, 9.17) is 16.9 Å². The molecule has 0 aliphatic rings. The van der Waals surface area contributed by atoms with Gasteiger partial charge in [0.05, 0.1) is 18.1 Å². The summed E-state index contributed by atoms with van der Waals surface area (Å²) in [6.45, 7) is 3.27. The molecule has 0 aliphatic heterocycles. The van der Waals surface area contributed by atoms with Gasteiger partial charge in [-0.2, -0.15) is 25.3 Å². The van der Waals surface area contributed by atoms with Crippen molar-refractivity contribution < 1.29 is 38.7 Å². The molecule has 2 aromatic heterocycles. The smallest absolute Gasteiger partial charge is 0.327 e. The Morgan fingerprint density at radius 2 is 1.36 bits per heavy atom. The second kappa shape index (κ2) is 25.9. The van der Waals surface area contributed by atoms with E-state index < -0.39 is 82.4 Å². The van der Waals surface area contributed by atoms with Crippen molar-refractivity contribution in [1.82, 2.24) is 52.2 Å². The Balaban J connectivity index is 1.58. The van der Waals surface area contributed by atoms with E-state index in [1.165, 1.54) is 6.33 Å². The van der Waals surface area contributed by atoms with Crippen molar-refractivity contribution >= 4 is 83.5 Å². The number of carboxylic acids is 1. The zero-order valence-electron chi connectivity index (χ0n) is 37.3. The molecule has 0 spiro atoms. The fraction of sp³-hybridized carbons (Fsp3) is 0.432. The molecule has 4 aromatic rings. The highest BCUT2D eigenvalue weighted by Gasteiger charge is 2.35. The van der Waals surface area contributed by atoms with Crippen LogP contribution in [0, 0.1) is 5.41 Å². The Morgan fingerprint density at radius 1 is 0.761 bits per heavy atom. The number of aromatic nitrogens is 3. The zero-order chi connectivity index (χ0) is 49.1. The van der Waals surface area contributed by atoms with Crippen molar-refractivity contribution in [1.29, 1.82) is 5.41 Å². The van der Waals surface area contributed by atoms with Gasteiger partial charge in [-0.1, -0.05) is 48.5 Å². The number of nitrogens with one attached hydrogen (secondary N) is 10. The summed E-state index contributed by atoms with van der Waals surface area (Å²) in [6.07, 6.45) is 4.87. The molecule has 362 valence electrons. The number of nitrogens with zero attached hydrogens (tertiary/aromatic N) is 1. The van der Waals surface area contributed by atoms with E-state index in [9.17, 15) is 38.7 Å². The van der Waals surface area contributed by atoms with Crippen LogP contribution in [0.25, 0.3) is 10.9 Å². The molecular formula is C44H61N13O8S2. The molecule has 6 amide bonds. The SMILES string of the molecule is CC(C)(S)[C@H](NC(=O)CCCNC(=O)[C@H](Cc1c[nH]c2ccccc12)NC(=O)[C@H](CCCNC(=N)N)NC(=O)[C@@H](Cc1ccccc1)NC(=O)[C@H](Cc1c[nH]cn1)NC(=O)[C@@H](N)CS)C(=O)O. The number of guanidine groups is 1. The number of aliphatic carboxylic acids is 1. The molecule has 21 nitrogen and oxygen atoms in total. The molecule has 0 aliphatic carbocycles. The van der Waals surface area contributed by atoms with Gasteiger partial charge in [-0.05, 0) is 50.3 Å². The van der Waals surface area contributed by atoms with Gasteiger partial charge in [-0.25, -0.2) is 9.78 Å². The standard InChI is InChI=1S/C44H61N13O8S2/c1-44(2,67)36(42(64)65)57-35(58)15-9-16-49-38(60)33(19-26-21-51-30-13-7-6-12-28(26)30)56-39(61)31(14-8-17-50-43(46)47)53-40(62)32(18-25-10-4-3-5-11-25)55-41(63)34(20-27-22-48-24-52-27)54-37(59)29(45)23-66/h3-7,10-13,21-22,24,29,31-34,36,51,66-67H,8-9,14-20,23,45H2,1-2H3,(H,48,52)(H,49,60)(H,53,62)(H,54,59)(H,55,63)(H,56,61)(H,57,58)(H,64,65)(H4,46,47,50)/t29-,31-,32+,33-,34-,36+/m0/s1. The van der Waals surface area contributed by atoms with Gasteiger partial charge < -0.3 is 63.8 Å². The molecule has 0 radical (unpaired) electrons. The number of hydrogen-bond acceptors (Lipinski definition) is 12.